The summed E-state index contributed by atoms with van der Waals surface area (Å²) in [6.45, 7) is -0.0323. The Morgan fingerprint density at radius 1 is 1.33 bits per heavy atom. The van der Waals surface area contributed by atoms with Crippen molar-refractivity contribution in [3.63, 3.8) is 0 Å². The number of benzene rings is 1. The van der Waals surface area contributed by atoms with E-state index in [1.54, 1.807) is 25.5 Å². The van der Waals surface area contributed by atoms with Gasteiger partial charge in [-0.25, -0.2) is 4.99 Å². The summed E-state index contributed by atoms with van der Waals surface area (Å²) in [4.78, 5) is 13.1. The summed E-state index contributed by atoms with van der Waals surface area (Å²) in [6, 6.07) is 6.09. The van der Waals surface area contributed by atoms with E-state index in [1.165, 1.54) is 5.56 Å². The monoisotopic (exact) mass is 281 g/mol. The van der Waals surface area contributed by atoms with E-state index in [9.17, 15) is 0 Å². The molecule has 1 aliphatic heterocycles. The number of hydrogen-bond acceptors (Lipinski definition) is 4. The molecule has 0 radical (unpaired) electrons. The zero-order chi connectivity index (χ0) is 16.1. The first kappa shape index (κ1) is 10.5. The predicted octanol–water partition coefficient (Wildman–Crippen LogP) is 2.82. The van der Waals surface area contributed by atoms with Crippen LogP contribution in [0.1, 0.15) is 27.2 Å². The third kappa shape index (κ3) is 2.11. The van der Waals surface area contributed by atoms with Gasteiger partial charge >= 0.3 is 0 Å². The van der Waals surface area contributed by atoms with E-state index >= 15 is 0 Å². The second-order valence-corrected chi connectivity index (χ2v) is 5.58. The van der Waals surface area contributed by atoms with Crippen LogP contribution in [0.25, 0.3) is 11.3 Å². The summed E-state index contributed by atoms with van der Waals surface area (Å²) in [5.74, 6) is 0.434. The van der Waals surface area contributed by atoms with Crippen molar-refractivity contribution < 1.29 is 7.48 Å². The van der Waals surface area contributed by atoms with E-state index < -0.39 is 12.1 Å². The molecule has 1 aromatic heterocycles. The van der Waals surface area contributed by atoms with E-state index in [0.717, 1.165) is 23.2 Å². The maximum absolute atomic E-state index is 8.23. The van der Waals surface area contributed by atoms with Crippen molar-refractivity contribution in [2.45, 2.75) is 31.7 Å². The largest absolute Gasteiger partial charge is 0.479 e. The van der Waals surface area contributed by atoms with Gasteiger partial charge in [-0.3, -0.25) is 9.97 Å². The van der Waals surface area contributed by atoms with Crippen LogP contribution >= 0.6 is 0 Å². The minimum Gasteiger partial charge on any atom is -0.479 e. The average molecular weight is 281 g/mol. The summed E-state index contributed by atoms with van der Waals surface area (Å²) in [7, 11) is 0. The van der Waals surface area contributed by atoms with E-state index in [0.29, 0.717) is 18.7 Å². The van der Waals surface area contributed by atoms with Crippen LogP contribution in [0.4, 0.5) is 0 Å². The third-order valence-electron chi connectivity index (χ3n) is 4.14. The molecule has 106 valence electrons. The predicted molar refractivity (Wildman–Crippen MR) is 81.3 cm³/mol. The molecule has 2 aliphatic rings. The van der Waals surface area contributed by atoms with Crippen LogP contribution in [0.5, 0.6) is 0 Å². The molecular formula is C17H17N3O. The summed E-state index contributed by atoms with van der Waals surface area (Å²) in [5, 5.41) is 0. The molecule has 0 bridgehead atoms. The molecule has 1 atom stereocenters. The zero-order valence-corrected chi connectivity index (χ0v) is 11.8. The van der Waals surface area contributed by atoms with Crippen LogP contribution in [0.3, 0.4) is 0 Å². The Labute approximate surface area is 126 Å². The Balaban J connectivity index is 1.78. The molecule has 0 saturated heterocycles. The summed E-state index contributed by atoms with van der Waals surface area (Å²) in [6.07, 6.45) is 7.04. The highest BCUT2D eigenvalue weighted by Crippen LogP contribution is 2.38. The maximum atomic E-state index is 8.23. The Morgan fingerprint density at radius 3 is 3.05 bits per heavy atom. The summed E-state index contributed by atoms with van der Waals surface area (Å²) < 4.78 is 21.8. The lowest BCUT2D eigenvalue weighted by Gasteiger charge is -2.31. The van der Waals surface area contributed by atoms with Gasteiger partial charge in [-0.1, -0.05) is 18.2 Å². The average Bonchev–Trinajstić information content (AvgIpc) is 2.75. The molecule has 1 unspecified atom stereocenters. The van der Waals surface area contributed by atoms with Gasteiger partial charge in [0.15, 0.2) is 5.90 Å². The van der Waals surface area contributed by atoms with Crippen LogP contribution in [-0.2, 0) is 17.6 Å². The van der Waals surface area contributed by atoms with Gasteiger partial charge < -0.3 is 4.74 Å². The molecule has 4 heteroatoms. The van der Waals surface area contributed by atoms with E-state index in [-0.39, 0.29) is 0 Å². The molecule has 1 aliphatic carbocycles. The van der Waals surface area contributed by atoms with Gasteiger partial charge in [0.25, 0.3) is 0 Å². The van der Waals surface area contributed by atoms with E-state index in [1.807, 2.05) is 6.07 Å². The quantitative estimate of drug-likeness (QED) is 0.807. The second kappa shape index (κ2) is 4.65. The number of hydrogen-bond donors (Lipinski definition) is 0. The van der Waals surface area contributed by atoms with Crippen molar-refractivity contribution in [3.05, 3.63) is 47.9 Å². The lowest BCUT2D eigenvalue weighted by atomic mass is 9.77. The maximum Gasteiger partial charge on any atom is 0.180 e. The normalized spacial score (nSPS) is 27.4. The number of aliphatic imine (C=N–C) groups is 1. The smallest absolute Gasteiger partial charge is 0.180 e. The van der Waals surface area contributed by atoms with Gasteiger partial charge in [-0.15, -0.1) is 0 Å². The zero-order valence-electron chi connectivity index (χ0n) is 13.8. The highest BCUT2D eigenvalue weighted by Gasteiger charge is 2.39. The first-order valence-corrected chi connectivity index (χ1v) is 7.13. The molecule has 0 fully saturated rings. The van der Waals surface area contributed by atoms with Crippen molar-refractivity contribution in [1.29, 1.82) is 0 Å². The van der Waals surface area contributed by atoms with E-state index in [4.69, 9.17) is 7.48 Å². The molecule has 0 amide bonds. The van der Waals surface area contributed by atoms with Gasteiger partial charge in [-0.05, 0) is 24.0 Å². The number of aromatic nitrogens is 2. The molecule has 2 aromatic rings. The van der Waals surface area contributed by atoms with Crippen molar-refractivity contribution in [2.75, 3.05) is 6.56 Å². The van der Waals surface area contributed by atoms with E-state index in [2.05, 4.69) is 27.1 Å². The molecule has 4 nitrogen and oxygen atoms in total. The van der Waals surface area contributed by atoms with Crippen LogP contribution in [0, 0.1) is 0 Å². The summed E-state index contributed by atoms with van der Waals surface area (Å²) in [5.41, 5.74) is 3.45. The number of fused-ring (bicyclic) bond motifs is 1. The lowest BCUT2D eigenvalue weighted by molar-refractivity contribution is 0.236. The van der Waals surface area contributed by atoms with Crippen LogP contribution in [-0.4, -0.2) is 28.0 Å². The molecule has 21 heavy (non-hydrogen) atoms. The Morgan fingerprint density at radius 2 is 2.29 bits per heavy atom. The summed E-state index contributed by atoms with van der Waals surface area (Å²) >= 11 is 0. The van der Waals surface area contributed by atoms with Crippen LogP contribution in [0.15, 0.2) is 41.8 Å². The van der Waals surface area contributed by atoms with Crippen LogP contribution < -0.4 is 0 Å². The molecular weight excluding hydrogens is 262 g/mol. The first-order valence-electron chi connectivity index (χ1n) is 8.13. The minimum absolute atomic E-state index is 0.434. The van der Waals surface area contributed by atoms with Gasteiger partial charge in [-0.2, -0.15) is 0 Å². The first-order chi connectivity index (χ1) is 11.0. The molecule has 1 spiro atoms. The minimum atomic E-state index is -1.75. The van der Waals surface area contributed by atoms with Gasteiger partial charge in [0, 0.05) is 31.3 Å². The standard InChI is InChI=1S/C17H17N3O/c1-12-20-17(11-21-12)6-5-14-13(9-17)3-2-4-15(14)16-10-18-7-8-19-16/h2-4,7-8,10H,5-6,9,11H2,1H3/i11D2. The number of ether oxygens (including phenoxy) is 1. The topological polar surface area (TPSA) is 47.4 Å². The number of rotatable bonds is 1. The SMILES string of the molecule is [2H]C1([2H])OC(C)=NC12CCc1c(cccc1-c1cnccn1)C2. The molecule has 1 aromatic carbocycles. The molecule has 0 N–H and O–H groups in total. The van der Waals surface area contributed by atoms with Gasteiger partial charge in [0.2, 0.25) is 0 Å². The Hall–Kier alpha value is -2.23. The third-order valence-corrected chi connectivity index (χ3v) is 4.14. The highest BCUT2D eigenvalue weighted by atomic mass is 16.5. The molecule has 4 rings (SSSR count). The molecule has 0 saturated carbocycles. The molecule has 2 heterocycles. The van der Waals surface area contributed by atoms with Crippen LogP contribution in [0.2, 0.25) is 0 Å². The second-order valence-electron chi connectivity index (χ2n) is 5.58. The fraction of sp³-hybridized carbons (Fsp3) is 0.353. The lowest BCUT2D eigenvalue weighted by Crippen LogP contribution is -2.35. The number of nitrogens with zero attached hydrogens (tertiary/aromatic N) is 3. The van der Waals surface area contributed by atoms with Crippen molar-refractivity contribution in [3.8, 4) is 11.3 Å². The van der Waals surface area contributed by atoms with Crippen molar-refractivity contribution >= 4 is 5.90 Å². The fourth-order valence-corrected chi connectivity index (χ4v) is 3.21. The Kier molecular flexibility index (Phi) is 2.32. The fourth-order valence-electron chi connectivity index (χ4n) is 3.21. The van der Waals surface area contributed by atoms with Crippen molar-refractivity contribution in [1.82, 2.24) is 9.97 Å². The van der Waals surface area contributed by atoms with Crippen molar-refractivity contribution in [2.24, 2.45) is 4.99 Å². The van der Waals surface area contributed by atoms with Gasteiger partial charge in [0.05, 0.1) is 14.6 Å². The highest BCUT2D eigenvalue weighted by molar-refractivity contribution is 5.76. The van der Waals surface area contributed by atoms with Gasteiger partial charge in [0.1, 0.15) is 12.1 Å². The Bertz CT molecular complexity index is 792.